The topological polar surface area (TPSA) is 75.7 Å². The lowest BCUT2D eigenvalue weighted by molar-refractivity contribution is -0.125. The first-order chi connectivity index (χ1) is 13.8. The highest BCUT2D eigenvalue weighted by atomic mass is 16.3. The van der Waals surface area contributed by atoms with Gasteiger partial charge in [-0.25, -0.2) is 0 Å². The number of hydrogen-bond donors (Lipinski definition) is 2. The minimum Gasteiger partial charge on any atom is -0.396 e. The maximum absolute atomic E-state index is 13.0. The molecule has 0 aromatic rings. The molecule has 170 valence electrons. The molecule has 0 saturated heterocycles. The number of rotatable bonds is 9. The molecule has 4 nitrogen and oxygen atoms in total. The Morgan fingerprint density at radius 3 is 1.93 bits per heavy atom. The van der Waals surface area contributed by atoms with Gasteiger partial charge in [-0.3, -0.25) is 9.79 Å². The molecule has 2 rings (SSSR count). The summed E-state index contributed by atoms with van der Waals surface area (Å²) >= 11 is 0. The summed E-state index contributed by atoms with van der Waals surface area (Å²) in [5, 5.41) is 8.14. The van der Waals surface area contributed by atoms with Crippen molar-refractivity contribution in [3.05, 3.63) is 0 Å². The van der Waals surface area contributed by atoms with Gasteiger partial charge in [0.15, 0.2) is 5.78 Å². The van der Waals surface area contributed by atoms with Crippen LogP contribution < -0.4 is 5.73 Å². The Bertz CT molecular complexity index is 473. The summed E-state index contributed by atoms with van der Waals surface area (Å²) in [6.45, 7) is 8.08. The van der Waals surface area contributed by atoms with Crippen LogP contribution in [0.3, 0.4) is 0 Å². The molecule has 3 N–H and O–H groups in total. The molecule has 0 aromatic carbocycles. The van der Waals surface area contributed by atoms with E-state index in [1.165, 1.54) is 64.2 Å². The summed E-state index contributed by atoms with van der Waals surface area (Å²) in [5.41, 5.74) is 5.45. The number of aliphatic hydroxyl groups is 1. The maximum atomic E-state index is 13.0. The highest BCUT2D eigenvalue weighted by Gasteiger charge is 2.39. The zero-order valence-corrected chi connectivity index (χ0v) is 19.7. The smallest absolute Gasteiger partial charge is 0.160 e. The molecule has 0 bridgehead atoms. The highest BCUT2D eigenvalue weighted by molar-refractivity contribution is 5.91. The van der Waals surface area contributed by atoms with E-state index in [0.717, 1.165) is 25.2 Å². The fourth-order valence-corrected chi connectivity index (χ4v) is 4.97. The quantitative estimate of drug-likeness (QED) is 0.360. The first kappa shape index (κ1) is 26.1. The van der Waals surface area contributed by atoms with Gasteiger partial charge < -0.3 is 10.8 Å². The molecule has 0 aliphatic heterocycles. The van der Waals surface area contributed by atoms with Crippen LogP contribution >= 0.6 is 0 Å². The van der Waals surface area contributed by atoms with Crippen LogP contribution in [-0.4, -0.2) is 28.9 Å². The Balaban J connectivity index is 0.000000749. The van der Waals surface area contributed by atoms with Gasteiger partial charge in [-0.05, 0) is 43.9 Å². The van der Waals surface area contributed by atoms with Gasteiger partial charge in [0.1, 0.15) is 5.54 Å². The maximum Gasteiger partial charge on any atom is 0.160 e. The number of amidine groups is 1. The van der Waals surface area contributed by atoms with Crippen molar-refractivity contribution >= 4 is 11.6 Å². The molecule has 0 amide bonds. The minimum atomic E-state index is -0.535. The monoisotopic (exact) mass is 408 g/mol. The second-order valence-electron chi connectivity index (χ2n) is 9.89. The van der Waals surface area contributed by atoms with Crippen molar-refractivity contribution in [2.45, 2.75) is 123 Å². The Kier molecular flexibility index (Phi) is 12.8. The SMILES string of the molecule is CC(C)CO.CCC(=O)C(CCC1CCCCC1)(CC1CCCCC1)N=C(C)N. The van der Waals surface area contributed by atoms with Gasteiger partial charge >= 0.3 is 0 Å². The molecular formula is C25H48N2O2. The standard InChI is InChI=1S/C21H38N2O.C4H10O/c1-3-20(24)21(23-17(2)22,16-19-12-8-5-9-13-19)15-14-18-10-6-4-7-11-18;1-4(2)3-5/h18-19H,3-16H2,1-2H3,(H2,22,23);4-5H,3H2,1-2H3. The molecule has 1 atom stereocenters. The van der Waals surface area contributed by atoms with Crippen LogP contribution in [0.15, 0.2) is 4.99 Å². The molecule has 2 saturated carbocycles. The lowest BCUT2D eigenvalue weighted by atomic mass is 9.73. The van der Waals surface area contributed by atoms with Crippen molar-refractivity contribution in [2.24, 2.45) is 28.5 Å². The van der Waals surface area contributed by atoms with Crippen LogP contribution in [0.25, 0.3) is 0 Å². The Morgan fingerprint density at radius 1 is 1.03 bits per heavy atom. The van der Waals surface area contributed by atoms with Crippen molar-refractivity contribution in [3.8, 4) is 0 Å². The lowest BCUT2D eigenvalue weighted by Gasteiger charge is -2.35. The first-order valence-corrected chi connectivity index (χ1v) is 12.3. The van der Waals surface area contributed by atoms with Gasteiger partial charge in [-0.15, -0.1) is 0 Å². The van der Waals surface area contributed by atoms with Crippen molar-refractivity contribution in [1.82, 2.24) is 0 Å². The average Bonchev–Trinajstić information content (AvgIpc) is 2.73. The second-order valence-corrected chi connectivity index (χ2v) is 9.89. The first-order valence-electron chi connectivity index (χ1n) is 12.3. The summed E-state index contributed by atoms with van der Waals surface area (Å²) in [5.74, 6) is 2.78. The molecule has 1 unspecified atom stereocenters. The average molecular weight is 409 g/mol. The number of ketones is 1. The zero-order chi connectivity index (χ0) is 21.7. The molecule has 4 heteroatoms. The van der Waals surface area contributed by atoms with Gasteiger partial charge in [-0.2, -0.15) is 0 Å². The van der Waals surface area contributed by atoms with Gasteiger partial charge in [0, 0.05) is 13.0 Å². The van der Waals surface area contributed by atoms with Crippen LogP contribution in [-0.2, 0) is 4.79 Å². The third-order valence-corrected chi connectivity index (χ3v) is 6.64. The summed E-state index contributed by atoms with van der Waals surface area (Å²) in [4.78, 5) is 17.8. The Hall–Kier alpha value is -0.900. The normalized spacial score (nSPS) is 21.4. The van der Waals surface area contributed by atoms with E-state index in [0.29, 0.717) is 36.5 Å². The van der Waals surface area contributed by atoms with Crippen LogP contribution in [0, 0.1) is 17.8 Å². The van der Waals surface area contributed by atoms with E-state index in [-0.39, 0.29) is 0 Å². The van der Waals surface area contributed by atoms with Gasteiger partial charge in [-0.1, -0.05) is 85.0 Å². The van der Waals surface area contributed by atoms with Crippen LogP contribution in [0.4, 0.5) is 0 Å². The third-order valence-electron chi connectivity index (χ3n) is 6.64. The van der Waals surface area contributed by atoms with Gasteiger partial charge in [0.2, 0.25) is 0 Å². The number of carbonyl (C=O) groups is 1. The number of aliphatic imine (C=N–C) groups is 1. The van der Waals surface area contributed by atoms with E-state index in [2.05, 4.69) is 0 Å². The number of carbonyl (C=O) groups excluding carboxylic acids is 1. The largest absolute Gasteiger partial charge is 0.396 e. The van der Waals surface area contributed by atoms with Crippen LogP contribution in [0.1, 0.15) is 118 Å². The fourth-order valence-electron chi connectivity index (χ4n) is 4.97. The third kappa shape index (κ3) is 10.1. The van der Waals surface area contributed by atoms with E-state index in [1.54, 1.807) is 0 Å². The highest BCUT2D eigenvalue weighted by Crippen LogP contribution is 2.38. The minimum absolute atomic E-state index is 0.306. The Labute approximate surface area is 180 Å². The van der Waals surface area contributed by atoms with Crippen molar-refractivity contribution in [2.75, 3.05) is 6.61 Å². The second kappa shape index (κ2) is 14.2. The van der Waals surface area contributed by atoms with E-state index < -0.39 is 5.54 Å². The zero-order valence-electron chi connectivity index (χ0n) is 19.7. The molecule has 0 radical (unpaired) electrons. The molecule has 0 spiro atoms. The van der Waals surface area contributed by atoms with Crippen molar-refractivity contribution in [1.29, 1.82) is 0 Å². The summed E-state index contributed by atoms with van der Waals surface area (Å²) < 4.78 is 0. The number of nitrogens with zero attached hydrogens (tertiary/aromatic N) is 1. The summed E-state index contributed by atoms with van der Waals surface area (Å²) in [6.07, 6.45) is 16.9. The van der Waals surface area contributed by atoms with Gasteiger partial charge in [0.25, 0.3) is 0 Å². The summed E-state index contributed by atoms with van der Waals surface area (Å²) in [7, 11) is 0. The predicted octanol–water partition coefficient (Wildman–Crippen LogP) is 6.05. The van der Waals surface area contributed by atoms with E-state index in [1.807, 2.05) is 27.7 Å². The number of aliphatic hydroxyl groups excluding tert-OH is 1. The molecule has 2 fully saturated rings. The van der Waals surface area contributed by atoms with Crippen LogP contribution in [0.5, 0.6) is 0 Å². The number of nitrogens with two attached hydrogens (primary N) is 1. The molecule has 29 heavy (non-hydrogen) atoms. The molecule has 2 aliphatic carbocycles. The summed E-state index contributed by atoms with van der Waals surface area (Å²) in [6, 6.07) is 0. The molecular weight excluding hydrogens is 360 g/mol. The molecule has 2 aliphatic rings. The van der Waals surface area contributed by atoms with Gasteiger partial charge in [0.05, 0.1) is 5.84 Å². The number of Topliss-reactive ketones (excluding diaryl/α,β-unsaturated/α-hetero) is 1. The van der Waals surface area contributed by atoms with E-state index in [9.17, 15) is 4.79 Å². The Morgan fingerprint density at radius 2 is 1.52 bits per heavy atom. The van der Waals surface area contributed by atoms with E-state index in [4.69, 9.17) is 15.8 Å². The predicted molar refractivity (Wildman–Crippen MR) is 124 cm³/mol. The van der Waals surface area contributed by atoms with Crippen molar-refractivity contribution < 1.29 is 9.90 Å². The molecule has 0 heterocycles. The van der Waals surface area contributed by atoms with Crippen molar-refractivity contribution in [3.63, 3.8) is 0 Å². The lowest BCUT2D eigenvalue weighted by Crippen LogP contribution is -2.41. The molecule has 0 aromatic heterocycles. The fraction of sp³-hybridized carbons (Fsp3) is 0.920. The van der Waals surface area contributed by atoms with E-state index >= 15 is 0 Å². The van der Waals surface area contributed by atoms with Crippen LogP contribution in [0.2, 0.25) is 0 Å². The number of hydrogen-bond acceptors (Lipinski definition) is 3.